The molecule has 0 bridgehead atoms. The summed E-state index contributed by atoms with van der Waals surface area (Å²) in [5.74, 6) is -0.480. The number of allylic oxidation sites excluding steroid dienone is 1. The Balaban J connectivity index is 2.12. The van der Waals surface area contributed by atoms with Gasteiger partial charge in [-0.3, -0.25) is 4.90 Å². The number of rotatable bonds is 4. The van der Waals surface area contributed by atoms with Gasteiger partial charge in [-0.25, -0.2) is 9.59 Å². The van der Waals surface area contributed by atoms with Gasteiger partial charge in [0.25, 0.3) is 0 Å². The van der Waals surface area contributed by atoms with E-state index in [1.165, 1.54) is 4.90 Å². The van der Waals surface area contributed by atoms with Gasteiger partial charge in [0.05, 0.1) is 35.5 Å². The number of carbonyl (C=O) groups excluding carboxylic acids is 2. The number of ether oxygens (including phenoxy) is 1. The topological polar surface area (TPSA) is 82.4 Å². The first kappa shape index (κ1) is 19.2. The van der Waals surface area contributed by atoms with E-state index in [1.54, 1.807) is 38.1 Å². The molecule has 0 radical (unpaired) electrons. The molecule has 0 fully saturated rings. The number of nitrogens with one attached hydrogen (secondary N) is 1. The van der Waals surface area contributed by atoms with Gasteiger partial charge in [-0.1, -0.05) is 24.3 Å². The Bertz CT molecular complexity index is 987. The van der Waals surface area contributed by atoms with Crippen molar-refractivity contribution in [2.24, 2.45) is 0 Å². The van der Waals surface area contributed by atoms with E-state index in [1.807, 2.05) is 31.2 Å². The quantitative estimate of drug-likeness (QED) is 0.820. The molecule has 1 N–H and O–H groups in total. The van der Waals surface area contributed by atoms with E-state index in [2.05, 4.69) is 11.4 Å². The molecular formula is C22H21N3O3. The van der Waals surface area contributed by atoms with E-state index < -0.39 is 12.0 Å². The molecule has 0 aliphatic carbocycles. The maximum atomic E-state index is 12.9. The lowest BCUT2D eigenvalue weighted by Crippen LogP contribution is -2.48. The second kappa shape index (κ2) is 7.97. The maximum absolute atomic E-state index is 12.9. The minimum Gasteiger partial charge on any atom is -0.463 e. The number of aryl methyl sites for hydroxylation is 1. The van der Waals surface area contributed by atoms with Gasteiger partial charge in [0.15, 0.2) is 0 Å². The summed E-state index contributed by atoms with van der Waals surface area (Å²) in [7, 11) is 0. The number of carbonyl (C=O) groups is 2. The number of nitrogens with zero attached hydrogens (tertiary/aromatic N) is 2. The Kier molecular flexibility index (Phi) is 5.46. The smallest absolute Gasteiger partial charge is 0.338 e. The van der Waals surface area contributed by atoms with Gasteiger partial charge in [-0.15, -0.1) is 0 Å². The summed E-state index contributed by atoms with van der Waals surface area (Å²) in [5, 5.41) is 11.9. The Morgan fingerprint density at radius 2 is 1.93 bits per heavy atom. The summed E-state index contributed by atoms with van der Waals surface area (Å²) in [6, 6.07) is 15.4. The molecule has 1 aliphatic heterocycles. The lowest BCUT2D eigenvalue weighted by molar-refractivity contribution is -0.139. The summed E-state index contributed by atoms with van der Waals surface area (Å²) in [6.07, 6.45) is 0. The summed E-state index contributed by atoms with van der Waals surface area (Å²) in [6.45, 7) is 5.65. The van der Waals surface area contributed by atoms with Gasteiger partial charge in [0, 0.05) is 5.70 Å². The number of amides is 2. The number of hydrogen-bond donors (Lipinski definition) is 1. The van der Waals surface area contributed by atoms with E-state index in [0.717, 1.165) is 5.56 Å². The molecule has 2 amide bonds. The van der Waals surface area contributed by atoms with Crippen LogP contribution in [0.1, 0.15) is 36.6 Å². The predicted octanol–water partition coefficient (Wildman–Crippen LogP) is 3.97. The zero-order chi connectivity index (χ0) is 20.3. The standard InChI is InChI=1S/C22H21N3O3/c1-4-28-21(26)19-15(3)25(18-7-5-6-14(2)12-18)22(27)24-20(19)17-10-8-16(13-23)9-11-17/h5-12,20H,4H2,1-3H3,(H,24,27). The monoisotopic (exact) mass is 375 g/mol. The summed E-state index contributed by atoms with van der Waals surface area (Å²) >= 11 is 0. The highest BCUT2D eigenvalue weighted by Crippen LogP contribution is 2.34. The van der Waals surface area contributed by atoms with Crippen LogP contribution >= 0.6 is 0 Å². The molecule has 1 aliphatic rings. The minimum atomic E-state index is -0.652. The molecule has 2 aromatic carbocycles. The zero-order valence-corrected chi connectivity index (χ0v) is 16.0. The molecule has 0 saturated heterocycles. The number of anilines is 1. The van der Waals surface area contributed by atoms with E-state index in [4.69, 9.17) is 10.00 Å². The molecule has 6 heteroatoms. The van der Waals surface area contributed by atoms with Crippen LogP contribution < -0.4 is 10.2 Å². The molecule has 0 saturated carbocycles. The fourth-order valence-electron chi connectivity index (χ4n) is 3.29. The van der Waals surface area contributed by atoms with Crippen LogP contribution in [0.5, 0.6) is 0 Å². The largest absolute Gasteiger partial charge is 0.463 e. The van der Waals surface area contributed by atoms with Crippen LogP contribution in [-0.2, 0) is 9.53 Å². The second-order valence-electron chi connectivity index (χ2n) is 6.51. The van der Waals surface area contributed by atoms with Crippen molar-refractivity contribution in [3.8, 4) is 6.07 Å². The fourth-order valence-corrected chi connectivity index (χ4v) is 3.29. The number of hydrogen-bond acceptors (Lipinski definition) is 4. The van der Waals surface area contributed by atoms with Crippen molar-refractivity contribution in [2.45, 2.75) is 26.8 Å². The normalized spacial score (nSPS) is 16.4. The predicted molar refractivity (Wildman–Crippen MR) is 105 cm³/mol. The SMILES string of the molecule is CCOC(=O)C1=C(C)N(c2cccc(C)c2)C(=O)NC1c1ccc(C#N)cc1. The zero-order valence-electron chi connectivity index (χ0n) is 16.0. The molecule has 1 atom stereocenters. The highest BCUT2D eigenvalue weighted by atomic mass is 16.5. The molecule has 6 nitrogen and oxygen atoms in total. The Morgan fingerprint density at radius 1 is 1.21 bits per heavy atom. The molecule has 1 unspecified atom stereocenters. The fraction of sp³-hybridized carbons (Fsp3) is 0.227. The molecule has 2 aromatic rings. The second-order valence-corrected chi connectivity index (χ2v) is 6.51. The average molecular weight is 375 g/mol. The van der Waals surface area contributed by atoms with Crippen LogP contribution in [0.4, 0.5) is 10.5 Å². The average Bonchev–Trinajstić information content (AvgIpc) is 2.68. The van der Waals surface area contributed by atoms with Crippen LogP contribution in [0.15, 0.2) is 59.8 Å². The minimum absolute atomic E-state index is 0.230. The van der Waals surface area contributed by atoms with Crippen LogP contribution in [0, 0.1) is 18.3 Å². The number of benzene rings is 2. The first-order valence-electron chi connectivity index (χ1n) is 9.01. The van der Waals surface area contributed by atoms with Crippen LogP contribution in [-0.4, -0.2) is 18.6 Å². The summed E-state index contributed by atoms with van der Waals surface area (Å²) in [5.41, 5.74) is 3.78. The van der Waals surface area contributed by atoms with Crippen molar-refractivity contribution in [3.63, 3.8) is 0 Å². The molecule has 1 heterocycles. The molecule has 3 rings (SSSR count). The van der Waals surface area contributed by atoms with Gasteiger partial charge in [-0.2, -0.15) is 5.26 Å². The Morgan fingerprint density at radius 3 is 2.54 bits per heavy atom. The van der Waals surface area contributed by atoms with Crippen LogP contribution in [0.3, 0.4) is 0 Å². The van der Waals surface area contributed by atoms with Crippen LogP contribution in [0.25, 0.3) is 0 Å². The first-order chi connectivity index (χ1) is 13.5. The van der Waals surface area contributed by atoms with Crippen LogP contribution in [0.2, 0.25) is 0 Å². The third-order valence-corrected chi connectivity index (χ3v) is 4.61. The highest BCUT2D eigenvalue weighted by molar-refractivity contribution is 6.03. The third kappa shape index (κ3) is 3.60. The van der Waals surface area contributed by atoms with Gasteiger partial charge < -0.3 is 10.1 Å². The van der Waals surface area contributed by atoms with Crippen molar-refractivity contribution < 1.29 is 14.3 Å². The van der Waals surface area contributed by atoms with E-state index in [0.29, 0.717) is 28.1 Å². The van der Waals surface area contributed by atoms with Gasteiger partial charge in [0.1, 0.15) is 0 Å². The summed E-state index contributed by atoms with van der Waals surface area (Å²) < 4.78 is 5.26. The molecule has 142 valence electrons. The van der Waals surface area contributed by atoms with E-state index in [9.17, 15) is 9.59 Å². The maximum Gasteiger partial charge on any atom is 0.338 e. The number of esters is 1. The lowest BCUT2D eigenvalue weighted by atomic mass is 9.94. The van der Waals surface area contributed by atoms with Crippen molar-refractivity contribution in [3.05, 3.63) is 76.5 Å². The van der Waals surface area contributed by atoms with E-state index >= 15 is 0 Å². The number of urea groups is 1. The summed E-state index contributed by atoms with van der Waals surface area (Å²) in [4.78, 5) is 27.2. The molecule has 0 spiro atoms. The Labute approximate surface area is 164 Å². The first-order valence-corrected chi connectivity index (χ1v) is 9.01. The lowest BCUT2D eigenvalue weighted by Gasteiger charge is -2.35. The highest BCUT2D eigenvalue weighted by Gasteiger charge is 2.37. The van der Waals surface area contributed by atoms with Gasteiger partial charge in [-0.05, 0) is 56.2 Å². The molecule has 0 aromatic heterocycles. The van der Waals surface area contributed by atoms with Crippen molar-refractivity contribution in [1.29, 1.82) is 5.26 Å². The van der Waals surface area contributed by atoms with Gasteiger partial charge >= 0.3 is 12.0 Å². The van der Waals surface area contributed by atoms with Crippen molar-refractivity contribution in [1.82, 2.24) is 5.32 Å². The van der Waals surface area contributed by atoms with Crippen molar-refractivity contribution in [2.75, 3.05) is 11.5 Å². The number of nitriles is 1. The molecule has 28 heavy (non-hydrogen) atoms. The van der Waals surface area contributed by atoms with E-state index in [-0.39, 0.29) is 12.6 Å². The third-order valence-electron chi connectivity index (χ3n) is 4.61. The Hall–Kier alpha value is -3.59. The molecular weight excluding hydrogens is 354 g/mol. The van der Waals surface area contributed by atoms with Crippen molar-refractivity contribution >= 4 is 17.7 Å². The van der Waals surface area contributed by atoms with Gasteiger partial charge in [0.2, 0.25) is 0 Å².